The minimum absolute atomic E-state index is 0.217. The Morgan fingerprint density at radius 2 is 0.604 bits per heavy atom. The number of anilines is 18. The zero-order valence-electron chi connectivity index (χ0n) is 57.5. The third-order valence-corrected chi connectivity index (χ3v) is 24.5. The van der Waals surface area contributed by atoms with Gasteiger partial charge in [-0.25, -0.2) is 0 Å². The molecule has 2 aromatic heterocycles. The summed E-state index contributed by atoms with van der Waals surface area (Å²) in [6.45, 7) is -0.453. The Morgan fingerprint density at radius 3 is 1.17 bits per heavy atom. The molecule has 0 spiro atoms. The number of thiophene rings is 2. The lowest BCUT2D eigenvalue weighted by Gasteiger charge is -2.48. The van der Waals surface area contributed by atoms with Crippen molar-refractivity contribution in [3.63, 3.8) is 0 Å². The molecule has 0 unspecified atom stereocenters. The van der Waals surface area contributed by atoms with Crippen LogP contribution in [0.5, 0.6) is 0 Å². The highest BCUT2D eigenvalue weighted by molar-refractivity contribution is 7.27. The first kappa shape index (κ1) is 60.5. The predicted molar refractivity (Wildman–Crippen MR) is 455 cm³/mol. The molecule has 106 heavy (non-hydrogen) atoms. The molecule has 4 aliphatic rings. The lowest BCUT2D eigenvalue weighted by atomic mass is 9.30. The first-order valence-corrected chi connectivity index (χ1v) is 38.0. The molecule has 16 aromatic carbocycles. The molecule has 10 heteroatoms. The van der Waals surface area contributed by atoms with Crippen molar-refractivity contribution in [1.29, 1.82) is 0 Å². The van der Waals surface area contributed by atoms with Gasteiger partial charge in [-0.1, -0.05) is 243 Å². The average molecular weight is 1390 g/mol. The van der Waals surface area contributed by atoms with Gasteiger partial charge in [0, 0.05) is 110 Å². The summed E-state index contributed by atoms with van der Waals surface area (Å²) in [4.78, 5) is 15.4. The quantitative estimate of drug-likeness (QED) is 0.119. The maximum absolute atomic E-state index is 2.67. The molecule has 0 bridgehead atoms. The molecule has 494 valence electrons. The maximum Gasteiger partial charge on any atom is 0.252 e. The van der Waals surface area contributed by atoms with E-state index in [2.05, 4.69) is 406 Å². The van der Waals surface area contributed by atoms with Crippen LogP contribution in [0.3, 0.4) is 0 Å². The summed E-state index contributed by atoms with van der Waals surface area (Å²) in [5, 5.41) is 5.03. The van der Waals surface area contributed by atoms with E-state index in [1.807, 2.05) is 22.7 Å². The fourth-order valence-corrected chi connectivity index (χ4v) is 20.2. The normalized spacial score (nSPS) is 13.0. The Morgan fingerprint density at radius 1 is 0.226 bits per heavy atom. The van der Waals surface area contributed by atoms with Crippen LogP contribution in [-0.4, -0.2) is 13.4 Å². The van der Waals surface area contributed by atoms with Crippen molar-refractivity contribution in [1.82, 2.24) is 0 Å². The Kier molecular flexibility index (Phi) is 13.8. The van der Waals surface area contributed by atoms with E-state index < -0.39 is 0 Å². The minimum Gasteiger partial charge on any atom is -0.311 e. The second-order valence-corrected chi connectivity index (χ2v) is 29.9. The third kappa shape index (κ3) is 9.24. The third-order valence-electron chi connectivity index (χ3n) is 22.1. The molecule has 0 N–H and O–H groups in total. The number of para-hydroxylation sites is 8. The van der Waals surface area contributed by atoms with Crippen LogP contribution in [0.2, 0.25) is 0 Å². The van der Waals surface area contributed by atoms with Crippen LogP contribution in [0.25, 0.3) is 51.5 Å². The largest absolute Gasteiger partial charge is 0.311 e. The van der Waals surface area contributed by atoms with E-state index in [-0.39, 0.29) is 13.4 Å². The SMILES string of the molecule is c1ccc(-c2ccccc2N2c3cc4c(cc3B3c5ccccc5N(c5cccc6c5sc5ccccc56)c5cc(N(c6ccccc6)c6ccccc6)cc2c53)B2c3ccccc3N(c3ccccc3)c3cc(N(c5ccccc5)c5cccc6c5sc5ccccc56)cc(c32)N4c2ccccc2)cc1. The van der Waals surface area contributed by atoms with E-state index in [1.54, 1.807) is 0 Å². The molecule has 0 amide bonds. The highest BCUT2D eigenvalue weighted by Gasteiger charge is 2.49. The van der Waals surface area contributed by atoms with Crippen molar-refractivity contribution < 1.29 is 0 Å². The van der Waals surface area contributed by atoms with Crippen LogP contribution in [0.1, 0.15) is 0 Å². The lowest BCUT2D eigenvalue weighted by molar-refractivity contribution is 1.22. The van der Waals surface area contributed by atoms with Crippen molar-refractivity contribution in [3.8, 4) is 11.1 Å². The van der Waals surface area contributed by atoms with E-state index in [0.29, 0.717) is 0 Å². The highest BCUT2D eigenvalue weighted by Crippen LogP contribution is 2.55. The lowest BCUT2D eigenvalue weighted by Crippen LogP contribution is -2.65. The van der Waals surface area contributed by atoms with Crippen LogP contribution in [0.15, 0.2) is 376 Å². The van der Waals surface area contributed by atoms with Crippen LogP contribution in [-0.2, 0) is 0 Å². The van der Waals surface area contributed by atoms with Crippen molar-refractivity contribution in [2.75, 3.05) is 29.4 Å². The summed E-state index contributed by atoms with van der Waals surface area (Å²) in [5.74, 6) is 0. The van der Waals surface area contributed by atoms with Gasteiger partial charge < -0.3 is 29.4 Å². The maximum atomic E-state index is 2.67. The van der Waals surface area contributed by atoms with E-state index >= 15 is 0 Å². The number of fused-ring (bicyclic) bond motifs is 14. The summed E-state index contributed by atoms with van der Waals surface area (Å²) in [6, 6.07) is 141. The number of rotatable bonds is 11. The van der Waals surface area contributed by atoms with Crippen molar-refractivity contribution in [2.45, 2.75) is 0 Å². The van der Waals surface area contributed by atoms with Gasteiger partial charge in [0.2, 0.25) is 0 Å². The number of hydrogen-bond acceptors (Lipinski definition) is 8. The number of benzene rings is 16. The van der Waals surface area contributed by atoms with Crippen LogP contribution in [0.4, 0.5) is 102 Å². The first-order chi connectivity index (χ1) is 52.6. The smallest absolute Gasteiger partial charge is 0.252 e. The average Bonchev–Trinajstić information content (AvgIpc) is 0.788. The highest BCUT2D eigenvalue weighted by atomic mass is 32.1. The molecule has 0 fully saturated rings. The Balaban J connectivity index is 0.876. The molecule has 0 radical (unpaired) electrons. The number of nitrogens with zero attached hydrogens (tertiary/aromatic N) is 6. The van der Waals surface area contributed by atoms with E-state index in [0.717, 1.165) is 113 Å². The van der Waals surface area contributed by atoms with Gasteiger partial charge in [0.1, 0.15) is 0 Å². The number of hydrogen-bond donors (Lipinski definition) is 0. The fraction of sp³-hybridized carbons (Fsp3) is 0. The molecule has 0 atom stereocenters. The van der Waals surface area contributed by atoms with Crippen molar-refractivity contribution in [2.24, 2.45) is 0 Å². The molecule has 6 nitrogen and oxygen atoms in total. The molecule has 4 aliphatic heterocycles. The fourth-order valence-electron chi connectivity index (χ4n) is 17.8. The first-order valence-electron chi connectivity index (χ1n) is 36.4. The Hall–Kier alpha value is -13.1. The molecule has 0 saturated heterocycles. The van der Waals surface area contributed by atoms with Gasteiger partial charge in [0.05, 0.1) is 37.8 Å². The van der Waals surface area contributed by atoms with Crippen molar-refractivity contribution in [3.05, 3.63) is 376 Å². The summed E-state index contributed by atoms with van der Waals surface area (Å²) in [5.41, 5.74) is 29.6. The van der Waals surface area contributed by atoms with Gasteiger partial charge >= 0.3 is 0 Å². The Labute approximate surface area is 623 Å². The standard InChI is InChI=1S/C96H62B2N6S2/c1-7-31-63(32-8-1)71-43-19-24-50-80(71)103-86-62-85-78(61-79(86)98-77-49-23-26-52-82(77)104(84-54-30-47-75-73-45-21-28-56-92(73)106-96(75)84)90-58-69(57-89(103)94(90)98)99(64-33-9-2-10-34-64)65-35-11-3-12-36-65)97-76-48-22-25-51-81(76)101(67-39-15-5-16-40-67)87-59-70(60-88(93(87)97)102(85)68-41-17-6-18-42-68)100(66-37-13-4-14-38-66)83-53-29-46-74-72-44-20-27-55-91(72)105-95(74)83/h1-62H. The second-order valence-electron chi connectivity index (χ2n) is 27.8. The van der Waals surface area contributed by atoms with Crippen LogP contribution in [0, 0.1) is 0 Å². The van der Waals surface area contributed by atoms with E-state index in [1.165, 1.54) is 73.1 Å². The zero-order valence-corrected chi connectivity index (χ0v) is 59.1. The van der Waals surface area contributed by atoms with E-state index in [9.17, 15) is 0 Å². The van der Waals surface area contributed by atoms with Gasteiger partial charge in [-0.3, -0.25) is 0 Å². The predicted octanol–water partition coefficient (Wildman–Crippen LogP) is 23.2. The molecule has 0 saturated carbocycles. The summed E-state index contributed by atoms with van der Waals surface area (Å²) < 4.78 is 5.02. The van der Waals surface area contributed by atoms with Gasteiger partial charge in [-0.2, -0.15) is 0 Å². The van der Waals surface area contributed by atoms with Gasteiger partial charge in [0.15, 0.2) is 0 Å². The summed E-state index contributed by atoms with van der Waals surface area (Å²) in [6.07, 6.45) is 0. The summed E-state index contributed by atoms with van der Waals surface area (Å²) >= 11 is 3.75. The Bertz CT molecular complexity index is 6490. The van der Waals surface area contributed by atoms with Gasteiger partial charge in [-0.15, -0.1) is 22.7 Å². The van der Waals surface area contributed by atoms with Gasteiger partial charge in [-0.05, 0) is 172 Å². The second kappa shape index (κ2) is 24.3. The topological polar surface area (TPSA) is 19.4 Å². The van der Waals surface area contributed by atoms with Crippen molar-refractivity contribution >= 4 is 212 Å². The molecule has 0 aliphatic carbocycles. The molecule has 22 rings (SSSR count). The minimum atomic E-state index is -0.237. The molecule has 6 heterocycles. The molecular formula is C96H62B2N6S2. The van der Waals surface area contributed by atoms with Crippen LogP contribution >= 0.6 is 22.7 Å². The zero-order chi connectivity index (χ0) is 69.5. The monoisotopic (exact) mass is 1380 g/mol. The van der Waals surface area contributed by atoms with Gasteiger partial charge in [0.25, 0.3) is 13.4 Å². The van der Waals surface area contributed by atoms with Crippen LogP contribution < -0.4 is 62.2 Å². The molecule has 18 aromatic rings. The summed E-state index contributed by atoms with van der Waals surface area (Å²) in [7, 11) is 0. The molecular weight excluding hydrogens is 1320 g/mol. The van der Waals surface area contributed by atoms with E-state index in [4.69, 9.17) is 0 Å².